The van der Waals surface area contributed by atoms with Crippen LogP contribution in [0.25, 0.3) is 0 Å². The first-order valence-electron chi connectivity index (χ1n) is 10.8. The quantitative estimate of drug-likeness (QED) is 0.507. The Hall–Kier alpha value is -3.07. The van der Waals surface area contributed by atoms with Crippen molar-refractivity contribution in [3.05, 3.63) is 94.4 Å². The van der Waals surface area contributed by atoms with E-state index in [0.29, 0.717) is 0 Å². The molecule has 2 heterocycles. The van der Waals surface area contributed by atoms with E-state index in [1.165, 1.54) is 6.07 Å². The van der Waals surface area contributed by atoms with Crippen LogP contribution in [0.2, 0.25) is 0 Å². The van der Waals surface area contributed by atoms with Crippen LogP contribution in [-0.4, -0.2) is 45.7 Å². The van der Waals surface area contributed by atoms with Crippen molar-refractivity contribution in [3.8, 4) is 6.01 Å². The number of ether oxygens (including phenoxy) is 3. The Morgan fingerprint density at radius 3 is 2.36 bits per heavy atom. The Balaban J connectivity index is 1.56. The van der Waals surface area contributed by atoms with Gasteiger partial charge >= 0.3 is 0 Å². The highest BCUT2D eigenvalue weighted by Crippen LogP contribution is 2.35. The van der Waals surface area contributed by atoms with Crippen LogP contribution in [0.4, 0.5) is 4.39 Å². The Morgan fingerprint density at radius 2 is 1.73 bits per heavy atom. The molecule has 174 valence electrons. The SMILES string of the molecule is CC1C(C(OCc2ccccc2)C(O)(CF)COCc2ccccc2)Oc2nc(=O)ccn21. The van der Waals surface area contributed by atoms with Gasteiger partial charge in [-0.05, 0) is 18.1 Å². The number of alkyl halides is 1. The first kappa shape index (κ1) is 23.1. The summed E-state index contributed by atoms with van der Waals surface area (Å²) < 4.78 is 33.8. The first-order valence-corrected chi connectivity index (χ1v) is 10.8. The van der Waals surface area contributed by atoms with Crippen molar-refractivity contribution in [1.82, 2.24) is 9.55 Å². The van der Waals surface area contributed by atoms with E-state index in [1.807, 2.05) is 67.6 Å². The van der Waals surface area contributed by atoms with E-state index in [2.05, 4.69) is 4.98 Å². The third-order valence-corrected chi connectivity index (χ3v) is 5.76. The summed E-state index contributed by atoms with van der Waals surface area (Å²) in [5.41, 5.74) is -0.653. The molecule has 0 saturated heterocycles. The number of fused-ring (bicyclic) bond motifs is 1. The molecule has 1 aliphatic rings. The highest BCUT2D eigenvalue weighted by molar-refractivity contribution is 5.16. The molecule has 0 radical (unpaired) electrons. The second-order valence-electron chi connectivity index (χ2n) is 8.21. The number of nitrogens with zero attached hydrogens (tertiary/aromatic N) is 2. The topological polar surface area (TPSA) is 82.8 Å². The lowest BCUT2D eigenvalue weighted by Crippen LogP contribution is -2.57. The summed E-state index contributed by atoms with van der Waals surface area (Å²) in [6.07, 6.45) is -0.307. The molecule has 33 heavy (non-hydrogen) atoms. The number of hydrogen-bond acceptors (Lipinski definition) is 6. The zero-order valence-corrected chi connectivity index (χ0v) is 18.3. The van der Waals surface area contributed by atoms with E-state index in [4.69, 9.17) is 14.2 Å². The molecule has 0 spiro atoms. The monoisotopic (exact) mass is 454 g/mol. The Kier molecular flexibility index (Phi) is 7.17. The molecule has 0 saturated carbocycles. The maximum absolute atomic E-state index is 14.4. The summed E-state index contributed by atoms with van der Waals surface area (Å²) in [6, 6.07) is 19.9. The summed E-state index contributed by atoms with van der Waals surface area (Å²) in [4.78, 5) is 15.6. The van der Waals surface area contributed by atoms with Crippen LogP contribution in [0.15, 0.2) is 77.7 Å². The maximum atomic E-state index is 14.4. The first-order chi connectivity index (χ1) is 16.0. The largest absolute Gasteiger partial charge is 0.456 e. The smallest absolute Gasteiger partial charge is 0.300 e. The second-order valence-corrected chi connectivity index (χ2v) is 8.21. The number of hydrogen-bond donors (Lipinski definition) is 1. The molecule has 1 aromatic heterocycles. The highest BCUT2D eigenvalue weighted by Gasteiger charge is 2.49. The molecule has 4 rings (SSSR count). The van der Waals surface area contributed by atoms with Crippen molar-refractivity contribution in [2.75, 3.05) is 13.3 Å². The number of benzene rings is 2. The van der Waals surface area contributed by atoms with Crippen molar-refractivity contribution in [1.29, 1.82) is 0 Å². The van der Waals surface area contributed by atoms with Gasteiger partial charge < -0.3 is 19.3 Å². The second kappa shape index (κ2) is 10.2. The van der Waals surface area contributed by atoms with Crippen LogP contribution in [0.5, 0.6) is 6.01 Å². The molecule has 0 amide bonds. The molecule has 1 N–H and O–H groups in total. The van der Waals surface area contributed by atoms with Gasteiger partial charge in [0.2, 0.25) is 0 Å². The van der Waals surface area contributed by atoms with Crippen LogP contribution in [-0.2, 0) is 22.7 Å². The van der Waals surface area contributed by atoms with Gasteiger partial charge in [0, 0.05) is 12.3 Å². The van der Waals surface area contributed by atoms with E-state index in [-0.39, 0.29) is 31.9 Å². The fourth-order valence-electron chi connectivity index (χ4n) is 3.92. The third kappa shape index (κ3) is 5.30. The lowest BCUT2D eigenvalue weighted by atomic mass is 9.91. The van der Waals surface area contributed by atoms with Crippen LogP contribution >= 0.6 is 0 Å². The van der Waals surface area contributed by atoms with E-state index < -0.39 is 30.0 Å². The van der Waals surface area contributed by atoms with Crippen LogP contribution in [0.3, 0.4) is 0 Å². The Morgan fingerprint density at radius 1 is 1.09 bits per heavy atom. The van der Waals surface area contributed by atoms with Crippen molar-refractivity contribution >= 4 is 0 Å². The van der Waals surface area contributed by atoms with Crippen molar-refractivity contribution in [2.24, 2.45) is 0 Å². The Labute approximate surface area is 191 Å². The zero-order valence-electron chi connectivity index (χ0n) is 18.3. The molecule has 1 aliphatic heterocycles. The maximum Gasteiger partial charge on any atom is 0.300 e. The fraction of sp³-hybridized carbons (Fsp3) is 0.360. The van der Waals surface area contributed by atoms with Crippen LogP contribution in [0.1, 0.15) is 24.1 Å². The molecule has 0 aliphatic carbocycles. The molecule has 4 unspecified atom stereocenters. The highest BCUT2D eigenvalue weighted by atomic mass is 19.1. The van der Waals surface area contributed by atoms with Gasteiger partial charge in [0.15, 0.2) is 6.10 Å². The van der Waals surface area contributed by atoms with Gasteiger partial charge in [-0.15, -0.1) is 0 Å². The summed E-state index contributed by atoms with van der Waals surface area (Å²) in [7, 11) is 0. The summed E-state index contributed by atoms with van der Waals surface area (Å²) in [5, 5.41) is 11.4. The molecule has 0 fully saturated rings. The third-order valence-electron chi connectivity index (χ3n) is 5.76. The van der Waals surface area contributed by atoms with Gasteiger partial charge in [-0.1, -0.05) is 60.7 Å². The summed E-state index contributed by atoms with van der Waals surface area (Å²) in [5.74, 6) is 0. The number of rotatable bonds is 10. The van der Waals surface area contributed by atoms with Gasteiger partial charge in [-0.3, -0.25) is 9.36 Å². The molecule has 4 atom stereocenters. The predicted octanol–water partition coefficient (Wildman–Crippen LogP) is 3.07. The van der Waals surface area contributed by atoms with Gasteiger partial charge in [-0.2, -0.15) is 4.98 Å². The number of aromatic nitrogens is 2. The molecule has 7 nitrogen and oxygen atoms in total. The number of aliphatic hydroxyl groups is 1. The van der Waals surface area contributed by atoms with E-state index in [0.717, 1.165) is 11.1 Å². The standard InChI is InChI=1S/C25H27FN2O5/c1-18-22(33-24-27-21(29)12-13-28(18)24)23(32-15-20-10-6-3-7-11-20)25(30,16-26)17-31-14-19-8-4-2-5-9-19/h2-13,18,22-23,30H,14-17H2,1H3. The molecular formula is C25H27FN2O5. The fourth-order valence-corrected chi connectivity index (χ4v) is 3.92. The minimum absolute atomic E-state index is 0.111. The lowest BCUT2D eigenvalue weighted by Gasteiger charge is -2.37. The van der Waals surface area contributed by atoms with Crippen molar-refractivity contribution in [3.63, 3.8) is 0 Å². The Bertz CT molecular complexity index is 1090. The minimum atomic E-state index is -1.98. The van der Waals surface area contributed by atoms with Crippen molar-refractivity contribution < 1.29 is 23.7 Å². The zero-order chi connectivity index (χ0) is 23.3. The van der Waals surface area contributed by atoms with E-state index >= 15 is 0 Å². The molecule has 3 aromatic rings. The minimum Gasteiger partial charge on any atom is -0.456 e. The molecule has 8 heteroatoms. The van der Waals surface area contributed by atoms with Gasteiger partial charge in [0.25, 0.3) is 11.6 Å². The summed E-state index contributed by atoms with van der Waals surface area (Å²) in [6.45, 7) is 0.794. The van der Waals surface area contributed by atoms with E-state index in [9.17, 15) is 14.3 Å². The van der Waals surface area contributed by atoms with Gasteiger partial charge in [-0.25, -0.2) is 4.39 Å². The average molecular weight is 454 g/mol. The normalized spacial score (nSPS) is 20.0. The van der Waals surface area contributed by atoms with Gasteiger partial charge in [0.1, 0.15) is 18.4 Å². The predicted molar refractivity (Wildman–Crippen MR) is 120 cm³/mol. The molecular weight excluding hydrogens is 427 g/mol. The van der Waals surface area contributed by atoms with E-state index in [1.54, 1.807) is 10.8 Å². The van der Waals surface area contributed by atoms with Crippen LogP contribution < -0.4 is 10.3 Å². The summed E-state index contributed by atoms with van der Waals surface area (Å²) >= 11 is 0. The number of halogens is 1. The molecule has 0 bridgehead atoms. The van der Waals surface area contributed by atoms with Crippen LogP contribution in [0, 0.1) is 0 Å². The van der Waals surface area contributed by atoms with Crippen molar-refractivity contribution in [2.45, 2.75) is 44.0 Å². The molecule has 2 aromatic carbocycles. The average Bonchev–Trinajstić information content (AvgIpc) is 3.15. The van der Waals surface area contributed by atoms with Gasteiger partial charge in [0.05, 0.1) is 25.9 Å². The lowest BCUT2D eigenvalue weighted by molar-refractivity contribution is -0.187.